The third-order valence-electron chi connectivity index (χ3n) is 2.80. The molecule has 1 aromatic carbocycles. The molecule has 1 atom stereocenters. The van der Waals surface area contributed by atoms with Crippen LogP contribution in [0.15, 0.2) is 12.4 Å². The normalized spacial score (nSPS) is 12.3. The lowest BCUT2D eigenvalue weighted by Gasteiger charge is -2.13. The molecule has 1 amide bonds. The summed E-state index contributed by atoms with van der Waals surface area (Å²) in [5.41, 5.74) is -1.06. The van der Waals surface area contributed by atoms with E-state index >= 15 is 0 Å². The van der Waals surface area contributed by atoms with Crippen LogP contribution in [0.4, 0.5) is 22.0 Å². The molecule has 1 aromatic heterocycles. The van der Waals surface area contributed by atoms with Crippen LogP contribution in [-0.2, 0) is 0 Å². The zero-order valence-electron chi connectivity index (χ0n) is 10.5. The Hall–Kier alpha value is -2.45. The Kier molecular flexibility index (Phi) is 3.92. The second kappa shape index (κ2) is 5.51. The van der Waals surface area contributed by atoms with Gasteiger partial charge in [0.25, 0.3) is 5.91 Å². The predicted molar refractivity (Wildman–Crippen MR) is 60.7 cm³/mol. The molecular formula is C12H8F5N3O. The average molecular weight is 305 g/mol. The quantitative estimate of drug-likeness (QED) is 0.520. The second-order valence-corrected chi connectivity index (χ2v) is 4.17. The van der Waals surface area contributed by atoms with E-state index in [0.717, 1.165) is 0 Å². The lowest BCUT2D eigenvalue weighted by molar-refractivity contribution is 0.0928. The maximum atomic E-state index is 13.4. The maximum Gasteiger partial charge on any atom is 0.257 e. The number of hydrogen-bond acceptors (Lipinski definition) is 2. The Morgan fingerprint density at radius 2 is 1.62 bits per heavy atom. The summed E-state index contributed by atoms with van der Waals surface area (Å²) in [7, 11) is 0. The Morgan fingerprint density at radius 3 is 2.10 bits per heavy atom. The molecule has 0 aliphatic heterocycles. The van der Waals surface area contributed by atoms with E-state index in [2.05, 4.69) is 15.5 Å². The van der Waals surface area contributed by atoms with Crippen LogP contribution in [0, 0.1) is 29.1 Å². The van der Waals surface area contributed by atoms with Gasteiger partial charge in [-0.25, -0.2) is 22.0 Å². The molecule has 1 unspecified atom stereocenters. The van der Waals surface area contributed by atoms with Crippen molar-refractivity contribution in [2.75, 3.05) is 0 Å². The highest BCUT2D eigenvalue weighted by atomic mass is 19.2. The van der Waals surface area contributed by atoms with Crippen molar-refractivity contribution >= 4 is 5.91 Å². The molecule has 4 nitrogen and oxygen atoms in total. The van der Waals surface area contributed by atoms with Crippen molar-refractivity contribution in [3.8, 4) is 0 Å². The lowest BCUT2D eigenvalue weighted by atomic mass is 10.1. The van der Waals surface area contributed by atoms with Crippen LogP contribution in [0.5, 0.6) is 0 Å². The molecule has 0 saturated carbocycles. The zero-order valence-corrected chi connectivity index (χ0v) is 10.5. The molecule has 1 heterocycles. The smallest absolute Gasteiger partial charge is 0.257 e. The third kappa shape index (κ3) is 2.58. The lowest BCUT2D eigenvalue weighted by Crippen LogP contribution is -2.29. The molecule has 2 aromatic rings. The largest absolute Gasteiger partial charge is 0.345 e. The van der Waals surface area contributed by atoms with Crippen molar-refractivity contribution in [3.63, 3.8) is 0 Å². The molecule has 0 radical (unpaired) electrons. The first-order chi connectivity index (χ1) is 9.84. The van der Waals surface area contributed by atoms with Gasteiger partial charge in [-0.15, -0.1) is 0 Å². The molecule has 21 heavy (non-hydrogen) atoms. The monoisotopic (exact) mass is 305 g/mol. The number of aromatic nitrogens is 2. The molecule has 0 bridgehead atoms. The summed E-state index contributed by atoms with van der Waals surface area (Å²) in [4.78, 5) is 11.7. The van der Waals surface area contributed by atoms with E-state index in [-0.39, 0.29) is 0 Å². The van der Waals surface area contributed by atoms with Crippen LogP contribution >= 0.6 is 0 Å². The summed E-state index contributed by atoms with van der Waals surface area (Å²) in [6, 6.07) is -0.744. The highest BCUT2D eigenvalue weighted by Gasteiger charge is 2.30. The molecule has 2 N–H and O–H groups in total. The van der Waals surface area contributed by atoms with Crippen LogP contribution in [0.1, 0.15) is 28.9 Å². The Morgan fingerprint density at radius 1 is 1.10 bits per heavy atom. The van der Waals surface area contributed by atoms with Crippen molar-refractivity contribution in [3.05, 3.63) is 52.6 Å². The molecule has 0 spiro atoms. The number of amides is 1. The number of aromatic amines is 1. The maximum absolute atomic E-state index is 13.4. The highest BCUT2D eigenvalue weighted by Crippen LogP contribution is 2.23. The predicted octanol–water partition coefficient (Wildman–Crippen LogP) is 2.60. The summed E-state index contributed by atoms with van der Waals surface area (Å²) in [6.07, 6.45) is 2.74. The van der Waals surface area contributed by atoms with E-state index in [4.69, 9.17) is 0 Å². The minimum absolute atomic E-state index is 0.465. The molecule has 112 valence electrons. The minimum Gasteiger partial charge on any atom is -0.345 e. The van der Waals surface area contributed by atoms with E-state index < -0.39 is 46.6 Å². The van der Waals surface area contributed by atoms with Gasteiger partial charge in [-0.2, -0.15) is 5.10 Å². The first-order valence-electron chi connectivity index (χ1n) is 5.65. The summed E-state index contributed by atoms with van der Waals surface area (Å²) < 4.78 is 65.8. The highest BCUT2D eigenvalue weighted by molar-refractivity contribution is 5.95. The number of hydrogen-bond donors (Lipinski definition) is 2. The number of carbonyl (C=O) groups is 1. The number of H-pyrrole nitrogens is 1. The number of rotatable bonds is 3. The SMILES string of the molecule is CC(NC(=O)c1c(F)c(F)c(F)c(F)c1F)c1cn[nH]c1. The molecule has 0 aliphatic carbocycles. The van der Waals surface area contributed by atoms with Gasteiger partial charge in [0.1, 0.15) is 5.56 Å². The summed E-state index contributed by atoms with van der Waals surface area (Å²) in [5, 5.41) is 8.18. The van der Waals surface area contributed by atoms with Crippen molar-refractivity contribution in [1.82, 2.24) is 15.5 Å². The molecule has 2 rings (SSSR count). The fourth-order valence-electron chi connectivity index (χ4n) is 1.65. The standard InChI is InChI=1S/C12H8F5N3O/c1-4(5-2-18-19-3-5)20-12(21)6-7(13)9(15)11(17)10(16)8(6)14/h2-4H,1H3,(H,18,19)(H,20,21). The second-order valence-electron chi connectivity index (χ2n) is 4.17. The summed E-state index contributed by atoms with van der Waals surface area (Å²) >= 11 is 0. The van der Waals surface area contributed by atoms with E-state index in [1.165, 1.54) is 19.3 Å². The van der Waals surface area contributed by atoms with Crippen LogP contribution in [0.25, 0.3) is 0 Å². The van der Waals surface area contributed by atoms with Crippen LogP contribution in [0.3, 0.4) is 0 Å². The van der Waals surface area contributed by atoms with Gasteiger partial charge in [0.05, 0.1) is 12.2 Å². The number of nitrogens with one attached hydrogen (secondary N) is 2. The number of benzene rings is 1. The van der Waals surface area contributed by atoms with E-state index in [1.54, 1.807) is 0 Å². The van der Waals surface area contributed by atoms with Crippen LogP contribution in [-0.4, -0.2) is 16.1 Å². The fraction of sp³-hybridized carbons (Fsp3) is 0.167. The van der Waals surface area contributed by atoms with Gasteiger partial charge in [0.15, 0.2) is 23.3 Å². The van der Waals surface area contributed by atoms with E-state index in [9.17, 15) is 26.7 Å². The third-order valence-corrected chi connectivity index (χ3v) is 2.80. The molecule has 0 aliphatic rings. The first kappa shape index (κ1) is 14.9. The van der Waals surface area contributed by atoms with Gasteiger partial charge in [0, 0.05) is 11.8 Å². The number of nitrogens with zero attached hydrogens (tertiary/aromatic N) is 1. The fourth-order valence-corrected chi connectivity index (χ4v) is 1.65. The van der Waals surface area contributed by atoms with Gasteiger partial charge >= 0.3 is 0 Å². The molecular weight excluding hydrogens is 297 g/mol. The van der Waals surface area contributed by atoms with Crippen LogP contribution < -0.4 is 5.32 Å². The molecule has 0 fully saturated rings. The van der Waals surface area contributed by atoms with Crippen LogP contribution in [0.2, 0.25) is 0 Å². The zero-order chi connectivity index (χ0) is 15.7. The van der Waals surface area contributed by atoms with Crippen molar-refractivity contribution < 1.29 is 26.7 Å². The van der Waals surface area contributed by atoms with E-state index in [1.807, 2.05) is 0 Å². The summed E-state index contributed by atoms with van der Waals surface area (Å²) in [5.74, 6) is -12.4. The number of halogens is 5. The average Bonchev–Trinajstić information content (AvgIpc) is 2.97. The number of carbonyl (C=O) groups excluding carboxylic acids is 1. The molecule has 0 saturated heterocycles. The van der Waals surface area contributed by atoms with E-state index in [0.29, 0.717) is 5.56 Å². The first-order valence-corrected chi connectivity index (χ1v) is 5.65. The van der Waals surface area contributed by atoms with Crippen molar-refractivity contribution in [1.29, 1.82) is 0 Å². The van der Waals surface area contributed by atoms with Gasteiger partial charge in [-0.3, -0.25) is 9.89 Å². The minimum atomic E-state index is -2.32. The Bertz CT molecular complexity index is 658. The van der Waals surface area contributed by atoms with Gasteiger partial charge in [-0.1, -0.05) is 0 Å². The van der Waals surface area contributed by atoms with Gasteiger partial charge in [-0.05, 0) is 6.92 Å². The topological polar surface area (TPSA) is 57.8 Å². The van der Waals surface area contributed by atoms with Gasteiger partial charge in [0.2, 0.25) is 5.82 Å². The summed E-state index contributed by atoms with van der Waals surface area (Å²) in [6.45, 7) is 1.45. The molecule has 9 heteroatoms. The Balaban J connectivity index is 2.36. The van der Waals surface area contributed by atoms with Crippen molar-refractivity contribution in [2.45, 2.75) is 13.0 Å². The Labute approximate surface area is 115 Å². The van der Waals surface area contributed by atoms with Crippen molar-refractivity contribution in [2.24, 2.45) is 0 Å². The van der Waals surface area contributed by atoms with Gasteiger partial charge < -0.3 is 5.32 Å².